The Balaban J connectivity index is 1.25. The molecule has 7 aliphatic rings. The van der Waals surface area contributed by atoms with Gasteiger partial charge in [-0.1, -0.05) is 18.9 Å². The number of aliphatic hydroxyl groups is 1. The summed E-state index contributed by atoms with van der Waals surface area (Å²) in [4.78, 5) is 31.3. The molecule has 7 heteroatoms. The monoisotopic (exact) mass is 478 g/mol. The standard InChI is InChI=1S/C28H34N2O5/c31-20-8-7-16-13-21-28(34)10-9-19(30-25(32)17-3-1-2-4-18(17)26(30)33)24-27(28,22(16)23(20)35-24)11-12-29(21)14-15-5-6-15/h7-8,15,17-19,21,24,31,34H,1-6,9-14H2/t17-,18+,19-,21-,24+,27+,28-/m1/s1. The van der Waals surface area contributed by atoms with E-state index in [2.05, 4.69) is 4.90 Å². The lowest BCUT2D eigenvalue weighted by atomic mass is 9.48. The highest BCUT2D eigenvalue weighted by molar-refractivity contribution is 6.05. The summed E-state index contributed by atoms with van der Waals surface area (Å²) in [5.41, 5.74) is 0.403. The van der Waals surface area contributed by atoms with E-state index in [1.807, 2.05) is 6.07 Å². The number of rotatable bonds is 3. The van der Waals surface area contributed by atoms with E-state index in [4.69, 9.17) is 4.74 Å². The molecular weight excluding hydrogens is 444 g/mol. The fraction of sp³-hybridized carbons (Fsp3) is 0.714. The zero-order chi connectivity index (χ0) is 23.7. The highest BCUT2D eigenvalue weighted by Gasteiger charge is 2.74. The fourth-order valence-electron chi connectivity index (χ4n) is 9.23. The molecule has 2 bridgehead atoms. The van der Waals surface area contributed by atoms with Crippen molar-refractivity contribution in [2.24, 2.45) is 17.8 Å². The Morgan fingerprint density at radius 2 is 1.74 bits per heavy atom. The van der Waals surface area contributed by atoms with E-state index in [-0.39, 0.29) is 35.4 Å². The molecule has 3 saturated carbocycles. The first-order chi connectivity index (χ1) is 16.9. The second kappa shape index (κ2) is 6.80. The average molecular weight is 479 g/mol. The minimum Gasteiger partial charge on any atom is -0.504 e. The Morgan fingerprint density at radius 1 is 1.00 bits per heavy atom. The van der Waals surface area contributed by atoms with Gasteiger partial charge in [-0.15, -0.1) is 0 Å². The number of benzene rings is 1. The van der Waals surface area contributed by atoms with Crippen LogP contribution in [0.15, 0.2) is 12.1 Å². The van der Waals surface area contributed by atoms with E-state index in [9.17, 15) is 19.8 Å². The number of piperidine rings is 1. The number of imide groups is 1. The largest absolute Gasteiger partial charge is 0.504 e. The van der Waals surface area contributed by atoms with E-state index in [1.54, 1.807) is 11.0 Å². The van der Waals surface area contributed by atoms with Crippen molar-refractivity contribution in [2.75, 3.05) is 13.1 Å². The number of fused-ring (bicyclic) bond motifs is 1. The molecule has 3 aliphatic heterocycles. The molecule has 4 aliphatic carbocycles. The SMILES string of the molecule is O=C1[C@H]2CCCC[C@H]2C(=O)N1[C@@H]1CC[C@@]2(O)[C@H]3Cc4ccc(O)c5c4[C@@]2(CCN3CC2CC2)[C@H]1O5. The van der Waals surface area contributed by atoms with Gasteiger partial charge < -0.3 is 14.9 Å². The van der Waals surface area contributed by atoms with Crippen LogP contribution in [0.2, 0.25) is 0 Å². The number of ether oxygens (including phenoxy) is 1. The Morgan fingerprint density at radius 3 is 2.46 bits per heavy atom. The second-order valence-electron chi connectivity index (χ2n) is 12.4. The Bertz CT molecular complexity index is 1120. The Labute approximate surface area is 205 Å². The van der Waals surface area contributed by atoms with Gasteiger partial charge in [0.25, 0.3) is 0 Å². The van der Waals surface area contributed by atoms with Gasteiger partial charge in [-0.25, -0.2) is 0 Å². The number of carbonyl (C=O) groups excluding carboxylic acids is 2. The first kappa shape index (κ1) is 21.0. The lowest BCUT2D eigenvalue weighted by Gasteiger charge is -2.64. The predicted molar refractivity (Wildman–Crippen MR) is 126 cm³/mol. The van der Waals surface area contributed by atoms with Crippen molar-refractivity contribution in [2.45, 2.75) is 93.4 Å². The van der Waals surface area contributed by atoms with Gasteiger partial charge in [-0.3, -0.25) is 19.4 Å². The number of phenolic OH excluding ortho intramolecular Hbond substituents is 1. The smallest absolute Gasteiger partial charge is 0.233 e. The van der Waals surface area contributed by atoms with Crippen LogP contribution in [0.4, 0.5) is 0 Å². The highest BCUT2D eigenvalue weighted by Crippen LogP contribution is 2.66. The normalized spacial score (nSPS) is 43.7. The molecule has 1 aromatic rings. The predicted octanol–water partition coefficient (Wildman–Crippen LogP) is 2.50. The lowest BCUT2D eigenvalue weighted by molar-refractivity contribution is -0.201. The van der Waals surface area contributed by atoms with Crippen molar-refractivity contribution in [3.63, 3.8) is 0 Å². The van der Waals surface area contributed by atoms with Crippen molar-refractivity contribution >= 4 is 11.8 Å². The molecule has 8 rings (SSSR count). The van der Waals surface area contributed by atoms with E-state index in [0.717, 1.165) is 68.7 Å². The molecule has 2 amide bonds. The molecule has 1 aromatic carbocycles. The summed E-state index contributed by atoms with van der Waals surface area (Å²) in [6.45, 7) is 1.91. The summed E-state index contributed by atoms with van der Waals surface area (Å²) >= 11 is 0. The van der Waals surface area contributed by atoms with Crippen molar-refractivity contribution < 1.29 is 24.5 Å². The van der Waals surface area contributed by atoms with Gasteiger partial charge in [0.05, 0.1) is 28.9 Å². The van der Waals surface area contributed by atoms with E-state index in [1.165, 1.54) is 12.8 Å². The summed E-state index contributed by atoms with van der Waals surface area (Å²) in [5, 5.41) is 23.4. The van der Waals surface area contributed by atoms with Crippen molar-refractivity contribution in [3.05, 3.63) is 23.3 Å². The molecular formula is C28H34N2O5. The van der Waals surface area contributed by atoms with Crippen molar-refractivity contribution in [1.29, 1.82) is 0 Å². The fourth-order valence-corrected chi connectivity index (χ4v) is 9.23. The van der Waals surface area contributed by atoms with Gasteiger partial charge in [0, 0.05) is 18.2 Å². The molecule has 2 saturated heterocycles. The number of carbonyl (C=O) groups is 2. The maximum absolute atomic E-state index is 13.6. The number of amides is 2. The van der Waals surface area contributed by atoms with Gasteiger partial charge in [0.15, 0.2) is 11.5 Å². The molecule has 0 radical (unpaired) electrons. The Kier molecular flexibility index (Phi) is 4.08. The van der Waals surface area contributed by atoms with Gasteiger partial charge >= 0.3 is 0 Å². The topological polar surface area (TPSA) is 90.3 Å². The van der Waals surface area contributed by atoms with E-state index in [0.29, 0.717) is 18.6 Å². The van der Waals surface area contributed by atoms with Gasteiger partial charge in [-0.2, -0.15) is 0 Å². The van der Waals surface area contributed by atoms with Crippen molar-refractivity contribution in [3.8, 4) is 11.5 Å². The number of nitrogens with zero attached hydrogens (tertiary/aromatic N) is 2. The summed E-state index contributed by atoms with van der Waals surface area (Å²) in [5.74, 6) is 0.856. The van der Waals surface area contributed by atoms with Crippen LogP contribution < -0.4 is 4.74 Å². The first-order valence-electron chi connectivity index (χ1n) is 13.8. The number of hydrogen-bond acceptors (Lipinski definition) is 6. The van der Waals surface area contributed by atoms with Crippen LogP contribution in [-0.4, -0.2) is 68.7 Å². The van der Waals surface area contributed by atoms with Crippen LogP contribution in [0.5, 0.6) is 11.5 Å². The Hall–Kier alpha value is -2.12. The molecule has 186 valence electrons. The van der Waals surface area contributed by atoms with Crippen LogP contribution in [0.25, 0.3) is 0 Å². The minimum absolute atomic E-state index is 0.000505. The lowest BCUT2D eigenvalue weighted by Crippen LogP contribution is -2.78. The molecule has 1 spiro atoms. The molecule has 7 atom stereocenters. The molecule has 0 aromatic heterocycles. The average Bonchev–Trinajstić information content (AvgIpc) is 3.54. The summed E-state index contributed by atoms with van der Waals surface area (Å²) in [6.07, 6.45) is 8.20. The highest BCUT2D eigenvalue weighted by atomic mass is 16.5. The number of phenols is 1. The molecule has 3 heterocycles. The van der Waals surface area contributed by atoms with Crippen LogP contribution >= 0.6 is 0 Å². The molecule has 35 heavy (non-hydrogen) atoms. The van der Waals surface area contributed by atoms with Crippen LogP contribution in [0.3, 0.4) is 0 Å². The molecule has 2 N–H and O–H groups in total. The second-order valence-corrected chi connectivity index (χ2v) is 12.4. The van der Waals surface area contributed by atoms with E-state index < -0.39 is 23.2 Å². The molecule has 5 fully saturated rings. The number of aromatic hydroxyl groups is 1. The maximum atomic E-state index is 13.6. The van der Waals surface area contributed by atoms with Gasteiger partial charge in [0.2, 0.25) is 11.8 Å². The number of hydrogen-bond donors (Lipinski definition) is 2. The third-order valence-electron chi connectivity index (χ3n) is 10.9. The molecule has 0 unspecified atom stereocenters. The zero-order valence-electron chi connectivity index (χ0n) is 20.1. The summed E-state index contributed by atoms with van der Waals surface area (Å²) < 4.78 is 6.60. The number of likely N-dealkylation sites (tertiary alicyclic amines) is 2. The quantitative estimate of drug-likeness (QED) is 0.649. The molecule has 7 nitrogen and oxygen atoms in total. The van der Waals surface area contributed by atoms with Crippen LogP contribution in [0, 0.1) is 17.8 Å². The third-order valence-corrected chi connectivity index (χ3v) is 10.9. The summed E-state index contributed by atoms with van der Waals surface area (Å²) in [6, 6.07) is 3.32. The van der Waals surface area contributed by atoms with Gasteiger partial charge in [0.1, 0.15) is 6.10 Å². The van der Waals surface area contributed by atoms with Crippen molar-refractivity contribution in [1.82, 2.24) is 9.80 Å². The first-order valence-corrected chi connectivity index (χ1v) is 13.8. The maximum Gasteiger partial charge on any atom is 0.233 e. The summed E-state index contributed by atoms with van der Waals surface area (Å²) in [7, 11) is 0. The van der Waals surface area contributed by atoms with Crippen LogP contribution in [0.1, 0.15) is 68.9 Å². The van der Waals surface area contributed by atoms with Crippen LogP contribution in [-0.2, 0) is 21.4 Å². The third kappa shape index (κ3) is 2.45. The minimum atomic E-state index is -0.994. The van der Waals surface area contributed by atoms with Gasteiger partial charge in [-0.05, 0) is 75.5 Å². The zero-order valence-corrected chi connectivity index (χ0v) is 20.1. The van der Waals surface area contributed by atoms with E-state index >= 15 is 0 Å².